The highest BCUT2D eigenvalue weighted by atomic mass is 16.6. The molecule has 18 heavy (non-hydrogen) atoms. The van der Waals surface area contributed by atoms with E-state index in [9.17, 15) is 14.7 Å². The molecule has 102 valence electrons. The monoisotopic (exact) mass is 257 g/mol. The van der Waals surface area contributed by atoms with E-state index in [0.717, 1.165) is 6.42 Å². The van der Waals surface area contributed by atoms with E-state index in [0.29, 0.717) is 13.0 Å². The molecule has 2 heterocycles. The summed E-state index contributed by atoms with van der Waals surface area (Å²) >= 11 is 0. The van der Waals surface area contributed by atoms with Crippen molar-refractivity contribution in [2.75, 3.05) is 6.54 Å². The van der Waals surface area contributed by atoms with Gasteiger partial charge in [-0.05, 0) is 33.6 Å². The third-order valence-corrected chi connectivity index (χ3v) is 3.11. The second-order valence-electron chi connectivity index (χ2n) is 5.79. The van der Waals surface area contributed by atoms with Crippen molar-refractivity contribution in [1.82, 2.24) is 4.90 Å². The Balaban J connectivity index is 2.14. The van der Waals surface area contributed by atoms with Crippen LogP contribution in [0.4, 0.5) is 4.79 Å². The van der Waals surface area contributed by atoms with Gasteiger partial charge in [-0.1, -0.05) is 0 Å². The molecule has 2 aliphatic rings. The van der Waals surface area contributed by atoms with Crippen LogP contribution < -0.4 is 0 Å². The summed E-state index contributed by atoms with van der Waals surface area (Å²) in [7, 11) is 0. The summed E-state index contributed by atoms with van der Waals surface area (Å²) in [5, 5.41) is 9.25. The van der Waals surface area contributed by atoms with Crippen molar-refractivity contribution < 1.29 is 24.2 Å². The van der Waals surface area contributed by atoms with Crippen LogP contribution in [0.15, 0.2) is 0 Å². The molecule has 1 N–H and O–H groups in total. The van der Waals surface area contributed by atoms with Crippen LogP contribution in [0.1, 0.15) is 33.6 Å². The van der Waals surface area contributed by atoms with Crippen LogP contribution in [-0.4, -0.2) is 52.5 Å². The molecular formula is C12H19NO5. The number of morpholine rings is 1. The van der Waals surface area contributed by atoms with Gasteiger partial charge in [-0.15, -0.1) is 0 Å². The van der Waals surface area contributed by atoms with Crippen molar-refractivity contribution in [3.63, 3.8) is 0 Å². The van der Waals surface area contributed by atoms with Crippen LogP contribution in [0.3, 0.4) is 0 Å². The number of carbonyl (C=O) groups is 2. The maximum absolute atomic E-state index is 12.0. The van der Waals surface area contributed by atoms with Crippen LogP contribution in [0.5, 0.6) is 0 Å². The smallest absolute Gasteiger partial charge is 0.411 e. The van der Waals surface area contributed by atoms with Crippen LogP contribution in [-0.2, 0) is 14.3 Å². The summed E-state index contributed by atoms with van der Waals surface area (Å²) in [6.45, 7) is 5.57. The molecule has 0 aliphatic carbocycles. The number of carboxylic acid groups (broad SMARTS) is 1. The number of amides is 1. The maximum atomic E-state index is 12.0. The van der Waals surface area contributed by atoms with E-state index >= 15 is 0 Å². The second-order valence-corrected chi connectivity index (χ2v) is 5.79. The van der Waals surface area contributed by atoms with Crippen LogP contribution in [0.25, 0.3) is 0 Å². The van der Waals surface area contributed by atoms with E-state index in [-0.39, 0.29) is 6.10 Å². The Hall–Kier alpha value is -1.30. The minimum atomic E-state index is -1.04. The number of hydrogen-bond acceptors (Lipinski definition) is 4. The van der Waals surface area contributed by atoms with Gasteiger partial charge in [0.05, 0.1) is 18.8 Å². The molecule has 0 aromatic heterocycles. The van der Waals surface area contributed by atoms with E-state index in [4.69, 9.17) is 9.47 Å². The van der Waals surface area contributed by atoms with Gasteiger partial charge in [-0.3, -0.25) is 4.90 Å². The lowest BCUT2D eigenvalue weighted by Crippen LogP contribution is -2.57. The molecule has 0 aromatic carbocycles. The fraction of sp³-hybridized carbons (Fsp3) is 0.833. The lowest BCUT2D eigenvalue weighted by Gasteiger charge is -2.38. The molecule has 6 heteroatoms. The Morgan fingerprint density at radius 1 is 1.33 bits per heavy atom. The highest BCUT2D eigenvalue weighted by Gasteiger charge is 2.48. The fourth-order valence-electron chi connectivity index (χ4n) is 2.43. The first-order valence-electron chi connectivity index (χ1n) is 6.16. The molecular weight excluding hydrogens is 238 g/mol. The second kappa shape index (κ2) is 4.42. The number of carboxylic acids is 1. The lowest BCUT2D eigenvalue weighted by molar-refractivity contribution is -0.156. The molecule has 0 saturated carbocycles. The van der Waals surface area contributed by atoms with E-state index < -0.39 is 29.8 Å². The standard InChI is InChI=1S/C12H19NO5/c1-12(2,3)18-11(16)13-6-7-4-5-8(17-7)9(13)10(14)15/h7-9H,4-6H2,1-3H3,(H,14,15)/t7-,8+,9-/m0/s1. The number of aliphatic carboxylic acids is 1. The number of rotatable bonds is 1. The van der Waals surface area contributed by atoms with Gasteiger partial charge in [-0.2, -0.15) is 0 Å². The zero-order valence-corrected chi connectivity index (χ0v) is 10.9. The quantitative estimate of drug-likeness (QED) is 0.764. The summed E-state index contributed by atoms with van der Waals surface area (Å²) in [5.74, 6) is -1.04. The van der Waals surface area contributed by atoms with Crippen molar-refractivity contribution in [2.45, 2.75) is 57.5 Å². The first-order chi connectivity index (χ1) is 8.28. The molecule has 2 bridgehead atoms. The normalized spacial score (nSPS) is 31.3. The molecule has 2 rings (SSSR count). The largest absolute Gasteiger partial charge is 0.480 e. The molecule has 3 atom stereocenters. The Morgan fingerprint density at radius 2 is 2.00 bits per heavy atom. The average molecular weight is 257 g/mol. The minimum Gasteiger partial charge on any atom is -0.480 e. The molecule has 1 amide bonds. The zero-order chi connectivity index (χ0) is 13.5. The van der Waals surface area contributed by atoms with Crippen LogP contribution >= 0.6 is 0 Å². The zero-order valence-electron chi connectivity index (χ0n) is 10.9. The van der Waals surface area contributed by atoms with E-state index in [2.05, 4.69) is 0 Å². The van der Waals surface area contributed by atoms with Gasteiger partial charge >= 0.3 is 12.1 Å². The summed E-state index contributed by atoms with van der Waals surface area (Å²) in [6, 6.07) is -0.932. The molecule has 2 fully saturated rings. The highest BCUT2D eigenvalue weighted by molar-refractivity contribution is 5.81. The van der Waals surface area contributed by atoms with E-state index in [1.54, 1.807) is 20.8 Å². The predicted molar refractivity (Wildman–Crippen MR) is 62.3 cm³/mol. The molecule has 0 spiro atoms. The molecule has 0 unspecified atom stereocenters. The molecule has 2 aliphatic heterocycles. The Kier molecular flexibility index (Phi) is 3.23. The van der Waals surface area contributed by atoms with Crippen molar-refractivity contribution in [3.05, 3.63) is 0 Å². The minimum absolute atomic E-state index is 0.0573. The first-order valence-corrected chi connectivity index (χ1v) is 6.16. The Labute approximate surface area is 106 Å². The van der Waals surface area contributed by atoms with Gasteiger partial charge in [0.25, 0.3) is 0 Å². The van der Waals surface area contributed by atoms with Crippen molar-refractivity contribution >= 4 is 12.1 Å². The van der Waals surface area contributed by atoms with Gasteiger partial charge in [0, 0.05) is 0 Å². The van der Waals surface area contributed by atoms with Crippen molar-refractivity contribution in [1.29, 1.82) is 0 Å². The number of ether oxygens (including phenoxy) is 2. The average Bonchev–Trinajstić information content (AvgIpc) is 2.56. The van der Waals surface area contributed by atoms with Crippen molar-refractivity contribution in [2.24, 2.45) is 0 Å². The number of likely N-dealkylation sites (tertiary alicyclic amines) is 1. The maximum Gasteiger partial charge on any atom is 0.411 e. The van der Waals surface area contributed by atoms with Gasteiger partial charge in [0.2, 0.25) is 0 Å². The first kappa shape index (κ1) is 13.1. The van der Waals surface area contributed by atoms with Crippen LogP contribution in [0, 0.1) is 0 Å². The van der Waals surface area contributed by atoms with Gasteiger partial charge < -0.3 is 14.6 Å². The Bertz CT molecular complexity index is 362. The Morgan fingerprint density at radius 3 is 2.56 bits per heavy atom. The van der Waals surface area contributed by atoms with Gasteiger partial charge in [0.1, 0.15) is 5.60 Å². The van der Waals surface area contributed by atoms with Crippen molar-refractivity contribution in [3.8, 4) is 0 Å². The van der Waals surface area contributed by atoms with E-state index in [1.807, 2.05) is 0 Å². The molecule has 0 aromatic rings. The number of nitrogens with zero attached hydrogens (tertiary/aromatic N) is 1. The van der Waals surface area contributed by atoms with Crippen LogP contribution in [0.2, 0.25) is 0 Å². The number of carbonyl (C=O) groups excluding carboxylic acids is 1. The van der Waals surface area contributed by atoms with E-state index in [1.165, 1.54) is 4.90 Å². The molecule has 6 nitrogen and oxygen atoms in total. The van der Waals surface area contributed by atoms with Gasteiger partial charge in [0.15, 0.2) is 6.04 Å². The SMILES string of the molecule is CC(C)(C)OC(=O)N1C[C@@H]2CC[C@@H](O2)[C@H]1C(=O)O. The summed E-state index contributed by atoms with van der Waals surface area (Å²) < 4.78 is 10.8. The summed E-state index contributed by atoms with van der Waals surface area (Å²) in [5.41, 5.74) is -0.627. The number of hydrogen-bond donors (Lipinski definition) is 1. The summed E-state index contributed by atoms with van der Waals surface area (Å²) in [4.78, 5) is 24.6. The third-order valence-electron chi connectivity index (χ3n) is 3.11. The predicted octanol–water partition coefficient (Wildman–Crippen LogP) is 1.24. The topological polar surface area (TPSA) is 76.1 Å². The summed E-state index contributed by atoms with van der Waals surface area (Å²) in [6.07, 6.45) is 0.441. The van der Waals surface area contributed by atoms with Gasteiger partial charge in [-0.25, -0.2) is 9.59 Å². The lowest BCUT2D eigenvalue weighted by atomic mass is 10.1. The third kappa shape index (κ3) is 2.58. The fourth-order valence-corrected chi connectivity index (χ4v) is 2.43. The molecule has 0 radical (unpaired) electrons. The highest BCUT2D eigenvalue weighted by Crippen LogP contribution is 2.32. The molecule has 2 saturated heterocycles. The number of fused-ring (bicyclic) bond motifs is 2.